The summed E-state index contributed by atoms with van der Waals surface area (Å²) in [6.07, 6.45) is 2.61. The Hall–Kier alpha value is -1.32. The molecule has 1 atom stereocenters. The van der Waals surface area contributed by atoms with E-state index in [1.807, 2.05) is 30.3 Å². The lowest BCUT2D eigenvalue weighted by atomic mass is 10.1. The van der Waals surface area contributed by atoms with E-state index >= 15 is 0 Å². The Labute approximate surface area is 113 Å². The highest BCUT2D eigenvalue weighted by Gasteiger charge is 2.16. The maximum Gasteiger partial charge on any atom is 0.242 e. The van der Waals surface area contributed by atoms with E-state index in [-0.39, 0.29) is 5.91 Å². The molecule has 0 heterocycles. The summed E-state index contributed by atoms with van der Waals surface area (Å²) >= 11 is 6.05. The van der Waals surface area contributed by atoms with Gasteiger partial charge in [0, 0.05) is 6.54 Å². The third kappa shape index (κ3) is 5.34. The summed E-state index contributed by atoms with van der Waals surface area (Å²) in [5.41, 5.74) is 0.796. The lowest BCUT2D eigenvalue weighted by Crippen LogP contribution is -2.30. The van der Waals surface area contributed by atoms with Crippen molar-refractivity contribution >= 4 is 17.5 Å². The molecule has 1 aromatic carbocycles. The fourth-order valence-corrected chi connectivity index (χ4v) is 1.60. The van der Waals surface area contributed by atoms with Gasteiger partial charge in [0.15, 0.2) is 0 Å². The van der Waals surface area contributed by atoms with E-state index in [4.69, 9.17) is 16.3 Å². The van der Waals surface area contributed by atoms with Crippen molar-refractivity contribution in [2.45, 2.75) is 11.8 Å². The zero-order chi connectivity index (χ0) is 13.2. The molecular formula is C14H18ClNO2. The molecule has 4 heteroatoms. The number of hydrogen-bond acceptors (Lipinski definition) is 2. The van der Waals surface area contributed by atoms with Crippen molar-refractivity contribution in [1.82, 2.24) is 5.32 Å². The van der Waals surface area contributed by atoms with Crippen LogP contribution in [-0.2, 0) is 9.53 Å². The van der Waals surface area contributed by atoms with Gasteiger partial charge in [0.1, 0.15) is 5.38 Å². The number of hydrogen-bond donors (Lipinski definition) is 1. The quantitative estimate of drug-likeness (QED) is 0.447. The number of amides is 1. The predicted molar refractivity (Wildman–Crippen MR) is 73.7 cm³/mol. The summed E-state index contributed by atoms with van der Waals surface area (Å²) in [6, 6.07) is 9.26. The molecule has 0 saturated carbocycles. The van der Waals surface area contributed by atoms with Gasteiger partial charge in [-0.15, -0.1) is 18.2 Å². The molecule has 1 unspecified atom stereocenters. The second-order valence-corrected chi connectivity index (χ2v) is 4.19. The Bertz CT molecular complexity index is 367. The van der Waals surface area contributed by atoms with Gasteiger partial charge in [-0.25, -0.2) is 0 Å². The molecule has 0 spiro atoms. The van der Waals surface area contributed by atoms with Crippen LogP contribution in [0.3, 0.4) is 0 Å². The third-order valence-electron chi connectivity index (χ3n) is 2.33. The van der Waals surface area contributed by atoms with E-state index in [9.17, 15) is 4.79 Å². The van der Waals surface area contributed by atoms with E-state index in [2.05, 4.69) is 11.9 Å². The molecule has 0 saturated heterocycles. The molecule has 1 N–H and O–H groups in total. The molecule has 0 aromatic heterocycles. The molecule has 1 aromatic rings. The molecule has 0 aliphatic heterocycles. The minimum atomic E-state index is -0.653. The van der Waals surface area contributed by atoms with Crippen LogP contribution < -0.4 is 5.32 Å². The number of ether oxygens (including phenoxy) is 1. The SMILES string of the molecule is C=CCCOCCNC(=O)C(Cl)c1ccccc1. The normalized spacial score (nSPS) is 11.8. The molecule has 0 fully saturated rings. The average Bonchev–Trinajstić information content (AvgIpc) is 2.42. The average molecular weight is 268 g/mol. The fourth-order valence-electron chi connectivity index (χ4n) is 1.38. The summed E-state index contributed by atoms with van der Waals surface area (Å²) in [5.74, 6) is -0.199. The fraction of sp³-hybridized carbons (Fsp3) is 0.357. The summed E-state index contributed by atoms with van der Waals surface area (Å²) < 4.78 is 5.28. The van der Waals surface area contributed by atoms with Crippen LogP contribution in [-0.4, -0.2) is 25.7 Å². The molecule has 18 heavy (non-hydrogen) atoms. The third-order valence-corrected chi connectivity index (χ3v) is 2.78. The second kappa shape index (κ2) is 8.72. The number of nitrogens with one attached hydrogen (secondary N) is 1. The highest BCUT2D eigenvalue weighted by Crippen LogP contribution is 2.19. The maximum atomic E-state index is 11.7. The first kappa shape index (κ1) is 14.7. The molecule has 0 radical (unpaired) electrons. The van der Waals surface area contributed by atoms with Crippen molar-refractivity contribution in [3.8, 4) is 0 Å². The highest BCUT2D eigenvalue weighted by molar-refractivity contribution is 6.30. The van der Waals surface area contributed by atoms with E-state index in [0.717, 1.165) is 12.0 Å². The zero-order valence-corrected chi connectivity index (χ0v) is 11.0. The van der Waals surface area contributed by atoms with Gasteiger partial charge in [-0.1, -0.05) is 36.4 Å². The summed E-state index contributed by atoms with van der Waals surface area (Å²) in [6.45, 7) is 5.17. The number of halogens is 1. The first-order valence-electron chi connectivity index (χ1n) is 5.91. The standard InChI is InChI=1S/C14H18ClNO2/c1-2-3-10-18-11-9-16-14(17)13(15)12-7-5-4-6-8-12/h2,4-8,13H,1,3,9-11H2,(H,16,17). The van der Waals surface area contributed by atoms with E-state index in [1.54, 1.807) is 6.08 Å². The van der Waals surface area contributed by atoms with Gasteiger partial charge in [-0.05, 0) is 12.0 Å². The molecule has 1 amide bonds. The monoisotopic (exact) mass is 267 g/mol. The highest BCUT2D eigenvalue weighted by atomic mass is 35.5. The van der Waals surface area contributed by atoms with Gasteiger partial charge in [0.2, 0.25) is 5.91 Å². The number of rotatable bonds is 8. The Morgan fingerprint density at radius 2 is 2.11 bits per heavy atom. The number of carbonyl (C=O) groups excluding carboxylic acids is 1. The number of carbonyl (C=O) groups is 1. The van der Waals surface area contributed by atoms with Crippen molar-refractivity contribution in [3.63, 3.8) is 0 Å². The van der Waals surface area contributed by atoms with Gasteiger partial charge >= 0.3 is 0 Å². The lowest BCUT2D eigenvalue weighted by Gasteiger charge is -2.10. The van der Waals surface area contributed by atoms with Gasteiger partial charge in [0.05, 0.1) is 13.2 Å². The van der Waals surface area contributed by atoms with E-state index in [0.29, 0.717) is 19.8 Å². The van der Waals surface area contributed by atoms with Crippen molar-refractivity contribution in [3.05, 3.63) is 48.6 Å². The van der Waals surface area contributed by atoms with E-state index < -0.39 is 5.38 Å². The van der Waals surface area contributed by atoms with Crippen molar-refractivity contribution in [2.24, 2.45) is 0 Å². The molecule has 0 bridgehead atoms. The first-order valence-corrected chi connectivity index (χ1v) is 6.34. The summed E-state index contributed by atoms with van der Waals surface area (Å²) in [5, 5.41) is 2.08. The van der Waals surface area contributed by atoms with Crippen LogP contribution in [0.2, 0.25) is 0 Å². The van der Waals surface area contributed by atoms with Crippen LogP contribution in [0.15, 0.2) is 43.0 Å². The van der Waals surface area contributed by atoms with Crippen LogP contribution in [0.4, 0.5) is 0 Å². The van der Waals surface area contributed by atoms with E-state index in [1.165, 1.54) is 0 Å². The summed E-state index contributed by atoms with van der Waals surface area (Å²) in [4.78, 5) is 11.7. The van der Waals surface area contributed by atoms with Crippen LogP contribution >= 0.6 is 11.6 Å². The van der Waals surface area contributed by atoms with Crippen LogP contribution in [0.25, 0.3) is 0 Å². The number of benzene rings is 1. The maximum absolute atomic E-state index is 11.7. The van der Waals surface area contributed by atoms with Gasteiger partial charge in [-0.2, -0.15) is 0 Å². The Morgan fingerprint density at radius 1 is 1.39 bits per heavy atom. The minimum Gasteiger partial charge on any atom is -0.379 e. The molecule has 0 aliphatic carbocycles. The molecule has 1 rings (SSSR count). The van der Waals surface area contributed by atoms with Crippen molar-refractivity contribution < 1.29 is 9.53 Å². The molecular weight excluding hydrogens is 250 g/mol. The van der Waals surface area contributed by atoms with Gasteiger partial charge < -0.3 is 10.1 Å². The van der Waals surface area contributed by atoms with Crippen LogP contribution in [0.1, 0.15) is 17.4 Å². The Morgan fingerprint density at radius 3 is 2.78 bits per heavy atom. The minimum absolute atomic E-state index is 0.199. The number of alkyl halides is 1. The Balaban J connectivity index is 2.22. The largest absolute Gasteiger partial charge is 0.379 e. The first-order chi connectivity index (χ1) is 8.75. The van der Waals surface area contributed by atoms with Gasteiger partial charge in [-0.3, -0.25) is 4.79 Å². The lowest BCUT2D eigenvalue weighted by molar-refractivity contribution is -0.121. The Kier molecular flexibility index (Phi) is 7.14. The summed E-state index contributed by atoms with van der Waals surface area (Å²) in [7, 11) is 0. The predicted octanol–water partition coefficient (Wildman–Crippen LogP) is 2.68. The van der Waals surface area contributed by atoms with Crippen LogP contribution in [0.5, 0.6) is 0 Å². The topological polar surface area (TPSA) is 38.3 Å². The zero-order valence-electron chi connectivity index (χ0n) is 10.3. The van der Waals surface area contributed by atoms with Crippen molar-refractivity contribution in [2.75, 3.05) is 19.8 Å². The van der Waals surface area contributed by atoms with Crippen molar-refractivity contribution in [1.29, 1.82) is 0 Å². The smallest absolute Gasteiger partial charge is 0.242 e. The molecule has 0 aliphatic rings. The molecule has 3 nitrogen and oxygen atoms in total. The molecule has 98 valence electrons. The van der Waals surface area contributed by atoms with Crippen LogP contribution in [0, 0.1) is 0 Å². The van der Waals surface area contributed by atoms with Gasteiger partial charge in [0.25, 0.3) is 0 Å². The second-order valence-electron chi connectivity index (χ2n) is 3.75.